The Balaban J connectivity index is 2.32. The SMILES string of the molecule is Cc1ncc(-c2ccco2)c2nc(CN)cn12. The maximum atomic E-state index is 5.61. The summed E-state index contributed by atoms with van der Waals surface area (Å²) in [5.74, 6) is 1.64. The van der Waals surface area contributed by atoms with Crippen LogP contribution in [0.5, 0.6) is 0 Å². The van der Waals surface area contributed by atoms with Gasteiger partial charge in [-0.15, -0.1) is 0 Å². The summed E-state index contributed by atoms with van der Waals surface area (Å²) in [4.78, 5) is 8.82. The van der Waals surface area contributed by atoms with Crippen molar-refractivity contribution in [2.75, 3.05) is 0 Å². The van der Waals surface area contributed by atoms with E-state index in [2.05, 4.69) is 9.97 Å². The number of aromatic nitrogens is 3. The van der Waals surface area contributed by atoms with E-state index >= 15 is 0 Å². The van der Waals surface area contributed by atoms with Crippen LogP contribution in [0.1, 0.15) is 11.5 Å². The molecule has 3 aromatic rings. The lowest BCUT2D eigenvalue weighted by atomic mass is 10.2. The summed E-state index contributed by atoms with van der Waals surface area (Å²) in [7, 11) is 0. The zero-order valence-electron chi connectivity index (χ0n) is 9.42. The predicted octanol–water partition coefficient (Wildman–Crippen LogP) is 1.76. The van der Waals surface area contributed by atoms with E-state index in [1.54, 1.807) is 12.5 Å². The average Bonchev–Trinajstić information content (AvgIpc) is 2.98. The third-order valence-corrected chi connectivity index (χ3v) is 2.72. The summed E-state index contributed by atoms with van der Waals surface area (Å²) in [5.41, 5.74) is 8.16. The van der Waals surface area contributed by atoms with Crippen molar-refractivity contribution in [3.05, 3.63) is 42.3 Å². The van der Waals surface area contributed by atoms with Crippen molar-refractivity contribution in [1.82, 2.24) is 14.4 Å². The lowest BCUT2D eigenvalue weighted by molar-refractivity contribution is 0.582. The summed E-state index contributed by atoms with van der Waals surface area (Å²) in [6, 6.07) is 3.74. The second-order valence-electron chi connectivity index (χ2n) is 3.83. The number of hydrogen-bond acceptors (Lipinski definition) is 4. The van der Waals surface area contributed by atoms with Crippen molar-refractivity contribution in [2.45, 2.75) is 13.5 Å². The van der Waals surface area contributed by atoms with Crippen LogP contribution in [0.2, 0.25) is 0 Å². The molecule has 0 bridgehead atoms. The highest BCUT2D eigenvalue weighted by Crippen LogP contribution is 2.24. The number of hydrogen-bond donors (Lipinski definition) is 1. The Bertz CT molecular complexity index is 655. The third-order valence-electron chi connectivity index (χ3n) is 2.72. The third kappa shape index (κ3) is 1.52. The first kappa shape index (κ1) is 10.0. The quantitative estimate of drug-likeness (QED) is 0.725. The molecule has 0 unspecified atom stereocenters. The molecule has 0 radical (unpaired) electrons. The predicted molar refractivity (Wildman–Crippen MR) is 63.3 cm³/mol. The maximum absolute atomic E-state index is 5.61. The summed E-state index contributed by atoms with van der Waals surface area (Å²) < 4.78 is 7.32. The fraction of sp³-hybridized carbons (Fsp3) is 0.167. The number of furan rings is 1. The summed E-state index contributed by atoms with van der Waals surface area (Å²) in [6.07, 6.45) is 5.32. The minimum Gasteiger partial charge on any atom is -0.464 e. The highest BCUT2D eigenvalue weighted by atomic mass is 16.3. The van der Waals surface area contributed by atoms with E-state index in [4.69, 9.17) is 10.2 Å². The molecule has 5 nitrogen and oxygen atoms in total. The number of nitrogens with zero attached hydrogens (tertiary/aromatic N) is 3. The van der Waals surface area contributed by atoms with Crippen molar-refractivity contribution in [3.8, 4) is 11.3 Å². The van der Waals surface area contributed by atoms with Gasteiger partial charge in [-0.25, -0.2) is 9.97 Å². The first-order chi connectivity index (χ1) is 8.29. The zero-order chi connectivity index (χ0) is 11.8. The molecule has 0 atom stereocenters. The van der Waals surface area contributed by atoms with Crippen molar-refractivity contribution < 1.29 is 4.42 Å². The van der Waals surface area contributed by atoms with Crippen LogP contribution in [0.25, 0.3) is 17.0 Å². The summed E-state index contributed by atoms with van der Waals surface area (Å²) in [6.45, 7) is 2.35. The summed E-state index contributed by atoms with van der Waals surface area (Å²) in [5, 5.41) is 0. The molecule has 0 saturated heterocycles. The highest BCUT2D eigenvalue weighted by Gasteiger charge is 2.12. The molecule has 86 valence electrons. The van der Waals surface area contributed by atoms with E-state index in [0.717, 1.165) is 28.5 Å². The number of rotatable bonds is 2. The second kappa shape index (κ2) is 3.71. The largest absolute Gasteiger partial charge is 0.464 e. The minimum atomic E-state index is 0.415. The van der Waals surface area contributed by atoms with E-state index in [1.165, 1.54) is 0 Å². The normalized spacial score (nSPS) is 11.2. The lowest BCUT2D eigenvalue weighted by Gasteiger charge is -2.02. The molecule has 3 heterocycles. The van der Waals surface area contributed by atoms with Gasteiger partial charge >= 0.3 is 0 Å². The van der Waals surface area contributed by atoms with Gasteiger partial charge in [0.25, 0.3) is 0 Å². The van der Waals surface area contributed by atoms with Crippen LogP contribution < -0.4 is 5.73 Å². The number of nitrogens with two attached hydrogens (primary N) is 1. The van der Waals surface area contributed by atoms with Crippen LogP contribution in [0.3, 0.4) is 0 Å². The molecule has 3 rings (SSSR count). The maximum Gasteiger partial charge on any atom is 0.151 e. The van der Waals surface area contributed by atoms with E-state index in [1.807, 2.05) is 29.7 Å². The van der Waals surface area contributed by atoms with Gasteiger partial charge in [0.15, 0.2) is 5.65 Å². The van der Waals surface area contributed by atoms with Gasteiger partial charge in [-0.2, -0.15) is 0 Å². The molecule has 17 heavy (non-hydrogen) atoms. The number of imidazole rings is 1. The Kier molecular flexibility index (Phi) is 2.19. The van der Waals surface area contributed by atoms with Gasteiger partial charge in [-0.05, 0) is 19.1 Å². The molecule has 3 aromatic heterocycles. The Hall–Kier alpha value is -2.14. The lowest BCUT2D eigenvalue weighted by Crippen LogP contribution is -1.95. The van der Waals surface area contributed by atoms with Crippen molar-refractivity contribution in [1.29, 1.82) is 0 Å². The van der Waals surface area contributed by atoms with Gasteiger partial charge in [-0.3, -0.25) is 4.40 Å². The fourth-order valence-electron chi connectivity index (χ4n) is 1.85. The van der Waals surface area contributed by atoms with Gasteiger partial charge in [-0.1, -0.05) is 0 Å². The van der Waals surface area contributed by atoms with E-state index in [9.17, 15) is 0 Å². The van der Waals surface area contributed by atoms with Gasteiger partial charge in [0.05, 0.1) is 17.5 Å². The van der Waals surface area contributed by atoms with Crippen LogP contribution >= 0.6 is 0 Å². The molecular weight excluding hydrogens is 216 g/mol. The van der Waals surface area contributed by atoms with Crippen LogP contribution in [0.15, 0.2) is 35.2 Å². The van der Waals surface area contributed by atoms with Crippen LogP contribution in [-0.4, -0.2) is 14.4 Å². The molecule has 5 heteroatoms. The Morgan fingerprint density at radius 1 is 1.47 bits per heavy atom. The number of fused-ring (bicyclic) bond motifs is 1. The Morgan fingerprint density at radius 3 is 3.06 bits per heavy atom. The molecule has 0 aliphatic rings. The number of aryl methyl sites for hydroxylation is 1. The van der Waals surface area contributed by atoms with Crippen LogP contribution in [0.4, 0.5) is 0 Å². The molecular formula is C12H12N4O. The Labute approximate surface area is 97.9 Å². The van der Waals surface area contributed by atoms with Gasteiger partial charge in [0, 0.05) is 18.9 Å². The molecule has 0 saturated carbocycles. The standard InChI is InChI=1S/C12H12N4O/c1-8-14-6-10(11-3-2-4-17-11)12-15-9(5-13)7-16(8)12/h2-4,6-7H,5,13H2,1H3. The van der Waals surface area contributed by atoms with Crippen molar-refractivity contribution in [3.63, 3.8) is 0 Å². The van der Waals surface area contributed by atoms with E-state index < -0.39 is 0 Å². The molecule has 0 aliphatic carbocycles. The van der Waals surface area contributed by atoms with E-state index in [0.29, 0.717) is 6.54 Å². The van der Waals surface area contributed by atoms with Crippen LogP contribution in [-0.2, 0) is 6.54 Å². The highest BCUT2D eigenvalue weighted by molar-refractivity contribution is 5.73. The smallest absolute Gasteiger partial charge is 0.151 e. The molecule has 0 spiro atoms. The fourth-order valence-corrected chi connectivity index (χ4v) is 1.85. The molecule has 0 fully saturated rings. The zero-order valence-corrected chi connectivity index (χ0v) is 9.42. The monoisotopic (exact) mass is 228 g/mol. The second-order valence-corrected chi connectivity index (χ2v) is 3.83. The molecule has 0 aliphatic heterocycles. The van der Waals surface area contributed by atoms with Crippen LogP contribution in [0, 0.1) is 6.92 Å². The van der Waals surface area contributed by atoms with Gasteiger partial charge in [0.2, 0.25) is 0 Å². The van der Waals surface area contributed by atoms with Gasteiger partial charge < -0.3 is 10.2 Å². The first-order valence-electron chi connectivity index (χ1n) is 5.37. The first-order valence-corrected chi connectivity index (χ1v) is 5.37. The minimum absolute atomic E-state index is 0.415. The summed E-state index contributed by atoms with van der Waals surface area (Å²) >= 11 is 0. The molecule has 2 N–H and O–H groups in total. The van der Waals surface area contributed by atoms with E-state index in [-0.39, 0.29) is 0 Å². The molecule has 0 amide bonds. The van der Waals surface area contributed by atoms with Crippen molar-refractivity contribution in [2.24, 2.45) is 5.73 Å². The van der Waals surface area contributed by atoms with Gasteiger partial charge in [0.1, 0.15) is 11.6 Å². The Morgan fingerprint density at radius 2 is 2.35 bits per heavy atom. The molecule has 0 aromatic carbocycles. The van der Waals surface area contributed by atoms with Crippen molar-refractivity contribution >= 4 is 5.65 Å². The average molecular weight is 228 g/mol. The topological polar surface area (TPSA) is 69.3 Å².